The Morgan fingerprint density at radius 1 is 1.06 bits per heavy atom. The number of aryl methyl sites for hydroxylation is 1. The SMILES string of the molecule is Cc1onc(-c2ccccc2)c1-c1nnc(CN2CCC(C(=O)Nc3ccc4c(c3)OCO4)CC2)o1. The van der Waals surface area contributed by atoms with Crippen LogP contribution >= 0.6 is 0 Å². The van der Waals surface area contributed by atoms with Crippen LogP contribution in [0.15, 0.2) is 57.5 Å². The van der Waals surface area contributed by atoms with E-state index in [4.69, 9.17) is 18.4 Å². The molecule has 0 unspecified atom stereocenters. The van der Waals surface area contributed by atoms with Crippen LogP contribution in [-0.2, 0) is 11.3 Å². The van der Waals surface area contributed by atoms with E-state index in [1.54, 1.807) is 6.07 Å². The largest absolute Gasteiger partial charge is 0.454 e. The van der Waals surface area contributed by atoms with Gasteiger partial charge >= 0.3 is 0 Å². The molecular formula is C26H25N5O5. The predicted octanol–water partition coefficient (Wildman–Crippen LogP) is 4.28. The molecule has 1 saturated heterocycles. The van der Waals surface area contributed by atoms with Gasteiger partial charge in [0.05, 0.1) is 6.54 Å². The molecule has 2 aromatic carbocycles. The van der Waals surface area contributed by atoms with E-state index < -0.39 is 0 Å². The lowest BCUT2D eigenvalue weighted by atomic mass is 9.96. The van der Waals surface area contributed by atoms with Crippen molar-refractivity contribution in [2.75, 3.05) is 25.2 Å². The number of aromatic nitrogens is 3. The third-order valence-electron chi connectivity index (χ3n) is 6.55. The van der Waals surface area contributed by atoms with Gasteiger partial charge in [0, 0.05) is 23.2 Å². The topological polar surface area (TPSA) is 116 Å². The summed E-state index contributed by atoms with van der Waals surface area (Å²) in [5.74, 6) is 2.84. The number of fused-ring (bicyclic) bond motifs is 1. The van der Waals surface area contributed by atoms with Gasteiger partial charge in [-0.1, -0.05) is 35.5 Å². The molecule has 0 saturated carbocycles. The van der Waals surface area contributed by atoms with Crippen molar-refractivity contribution in [3.8, 4) is 34.2 Å². The fourth-order valence-electron chi connectivity index (χ4n) is 4.60. The van der Waals surface area contributed by atoms with Crippen LogP contribution in [0.2, 0.25) is 0 Å². The van der Waals surface area contributed by atoms with Gasteiger partial charge in [0.1, 0.15) is 17.0 Å². The quantitative estimate of drug-likeness (QED) is 0.425. The lowest BCUT2D eigenvalue weighted by Crippen LogP contribution is -2.37. The number of carbonyl (C=O) groups excluding carboxylic acids is 1. The second-order valence-electron chi connectivity index (χ2n) is 8.94. The maximum Gasteiger partial charge on any atom is 0.253 e. The van der Waals surface area contributed by atoms with Gasteiger partial charge in [0.15, 0.2) is 11.5 Å². The van der Waals surface area contributed by atoms with Crippen LogP contribution < -0.4 is 14.8 Å². The second kappa shape index (κ2) is 9.46. The van der Waals surface area contributed by atoms with Crippen molar-refractivity contribution in [1.29, 1.82) is 0 Å². The van der Waals surface area contributed by atoms with Gasteiger partial charge < -0.3 is 23.7 Å². The first-order valence-electron chi connectivity index (χ1n) is 11.9. The number of benzene rings is 2. The number of piperidine rings is 1. The third kappa shape index (κ3) is 4.42. The Morgan fingerprint density at radius 3 is 2.69 bits per heavy atom. The molecule has 0 spiro atoms. The Hall–Kier alpha value is -4.18. The molecule has 36 heavy (non-hydrogen) atoms. The summed E-state index contributed by atoms with van der Waals surface area (Å²) >= 11 is 0. The molecule has 0 aliphatic carbocycles. The molecular weight excluding hydrogens is 462 g/mol. The van der Waals surface area contributed by atoms with Crippen molar-refractivity contribution in [2.45, 2.75) is 26.3 Å². The normalized spacial score (nSPS) is 15.8. The van der Waals surface area contributed by atoms with Crippen LogP contribution in [0.4, 0.5) is 5.69 Å². The summed E-state index contributed by atoms with van der Waals surface area (Å²) in [4.78, 5) is 15.0. The summed E-state index contributed by atoms with van der Waals surface area (Å²) in [7, 11) is 0. The van der Waals surface area contributed by atoms with Gasteiger partial charge in [-0.25, -0.2) is 0 Å². The number of carbonyl (C=O) groups is 1. The average molecular weight is 488 g/mol. The van der Waals surface area contributed by atoms with Gasteiger partial charge in [-0.05, 0) is 45.0 Å². The summed E-state index contributed by atoms with van der Waals surface area (Å²) in [6, 6.07) is 15.2. The molecule has 0 atom stereocenters. The smallest absolute Gasteiger partial charge is 0.253 e. The Bertz CT molecular complexity index is 1370. The maximum atomic E-state index is 12.8. The highest BCUT2D eigenvalue weighted by molar-refractivity contribution is 5.93. The number of nitrogens with zero attached hydrogens (tertiary/aromatic N) is 4. The van der Waals surface area contributed by atoms with Crippen LogP contribution in [0, 0.1) is 12.8 Å². The van der Waals surface area contributed by atoms with E-state index >= 15 is 0 Å². The van der Waals surface area contributed by atoms with Gasteiger partial charge in [0.25, 0.3) is 5.89 Å². The first-order chi connectivity index (χ1) is 17.6. The molecule has 1 amide bonds. The lowest BCUT2D eigenvalue weighted by Gasteiger charge is -2.30. The number of hydrogen-bond acceptors (Lipinski definition) is 9. The molecule has 0 bridgehead atoms. The minimum atomic E-state index is -0.0574. The highest BCUT2D eigenvalue weighted by Gasteiger charge is 2.27. The Kier molecular flexibility index (Phi) is 5.86. The van der Waals surface area contributed by atoms with Crippen molar-refractivity contribution in [1.82, 2.24) is 20.3 Å². The maximum absolute atomic E-state index is 12.8. The predicted molar refractivity (Wildman–Crippen MR) is 129 cm³/mol. The van der Waals surface area contributed by atoms with E-state index in [1.165, 1.54) is 0 Å². The summed E-state index contributed by atoms with van der Waals surface area (Å²) in [5.41, 5.74) is 3.02. The van der Waals surface area contributed by atoms with Crippen molar-refractivity contribution in [2.24, 2.45) is 5.92 Å². The van der Waals surface area contributed by atoms with Gasteiger partial charge in [-0.2, -0.15) is 0 Å². The van der Waals surface area contributed by atoms with Gasteiger partial charge in [-0.15, -0.1) is 10.2 Å². The van der Waals surface area contributed by atoms with Crippen molar-refractivity contribution < 1.29 is 23.2 Å². The van der Waals surface area contributed by atoms with Crippen LogP contribution in [0.25, 0.3) is 22.7 Å². The van der Waals surface area contributed by atoms with E-state index in [0.717, 1.165) is 31.5 Å². The Labute approximate surface area is 207 Å². The molecule has 4 heterocycles. The lowest BCUT2D eigenvalue weighted by molar-refractivity contribution is -0.121. The van der Waals surface area contributed by atoms with Crippen LogP contribution in [0.1, 0.15) is 24.5 Å². The molecule has 4 aromatic rings. The first kappa shape index (κ1) is 22.3. The van der Waals surface area contributed by atoms with Gasteiger partial charge in [-0.3, -0.25) is 9.69 Å². The zero-order valence-corrected chi connectivity index (χ0v) is 19.8. The number of amides is 1. The highest BCUT2D eigenvalue weighted by Crippen LogP contribution is 2.35. The van der Waals surface area contributed by atoms with Gasteiger partial charge in [0.2, 0.25) is 18.6 Å². The molecule has 2 aliphatic rings. The molecule has 2 aliphatic heterocycles. The monoisotopic (exact) mass is 487 g/mol. The van der Waals surface area contributed by atoms with E-state index in [0.29, 0.717) is 52.5 Å². The Balaban J connectivity index is 1.06. The van der Waals surface area contributed by atoms with E-state index in [-0.39, 0.29) is 18.6 Å². The minimum absolute atomic E-state index is 0.0185. The second-order valence-corrected chi connectivity index (χ2v) is 8.94. The number of anilines is 1. The number of hydrogen-bond donors (Lipinski definition) is 1. The van der Waals surface area contributed by atoms with Crippen molar-refractivity contribution in [3.05, 3.63) is 60.2 Å². The molecule has 10 nitrogen and oxygen atoms in total. The van der Waals surface area contributed by atoms with E-state index in [9.17, 15) is 4.79 Å². The summed E-state index contributed by atoms with van der Waals surface area (Å²) in [6.07, 6.45) is 1.50. The number of ether oxygens (including phenoxy) is 2. The Morgan fingerprint density at radius 2 is 1.86 bits per heavy atom. The average Bonchev–Trinajstić information content (AvgIpc) is 3.64. The minimum Gasteiger partial charge on any atom is -0.454 e. The number of likely N-dealkylation sites (tertiary alicyclic amines) is 1. The summed E-state index contributed by atoms with van der Waals surface area (Å²) < 4.78 is 22.1. The van der Waals surface area contributed by atoms with Crippen LogP contribution in [0.5, 0.6) is 11.5 Å². The molecule has 1 fully saturated rings. The fourth-order valence-corrected chi connectivity index (χ4v) is 4.60. The highest BCUT2D eigenvalue weighted by atomic mass is 16.7. The molecule has 1 N–H and O–H groups in total. The summed E-state index contributed by atoms with van der Waals surface area (Å²) in [5, 5.41) is 15.7. The van der Waals surface area contributed by atoms with Crippen molar-refractivity contribution in [3.63, 3.8) is 0 Å². The fraction of sp³-hybridized carbons (Fsp3) is 0.308. The number of rotatable bonds is 6. The van der Waals surface area contributed by atoms with Crippen molar-refractivity contribution >= 4 is 11.6 Å². The molecule has 0 radical (unpaired) electrons. The first-order valence-corrected chi connectivity index (χ1v) is 11.9. The molecule has 2 aromatic heterocycles. The third-order valence-corrected chi connectivity index (χ3v) is 6.55. The zero-order chi connectivity index (χ0) is 24.5. The van der Waals surface area contributed by atoms with Crippen LogP contribution in [-0.4, -0.2) is 46.0 Å². The standard InChI is InChI=1S/C26H25N5O5/c1-16-23(24(30-36-16)17-5-3-2-4-6-17)26-29-28-22(35-26)14-31-11-9-18(10-12-31)25(32)27-19-7-8-20-21(13-19)34-15-33-20/h2-8,13,18H,9-12,14-15H2,1H3,(H,27,32). The molecule has 6 rings (SSSR count). The zero-order valence-electron chi connectivity index (χ0n) is 19.8. The molecule has 184 valence electrons. The number of nitrogens with one attached hydrogen (secondary N) is 1. The van der Waals surface area contributed by atoms with Crippen LogP contribution in [0.3, 0.4) is 0 Å². The summed E-state index contributed by atoms with van der Waals surface area (Å²) in [6.45, 7) is 4.09. The van der Waals surface area contributed by atoms with E-state index in [2.05, 4.69) is 25.6 Å². The van der Waals surface area contributed by atoms with E-state index in [1.807, 2.05) is 49.4 Å². The molecule has 10 heteroatoms.